The molecule has 9 nitrogen and oxygen atoms in total. The molecule has 0 spiro atoms. The molecule has 1 unspecified atom stereocenters. The van der Waals surface area contributed by atoms with Crippen LogP contribution >= 0.6 is 48.5 Å². The molecule has 18 heteroatoms. The van der Waals surface area contributed by atoms with E-state index in [1.165, 1.54) is 10.6 Å². The van der Waals surface area contributed by atoms with Crippen molar-refractivity contribution in [3.05, 3.63) is 72.8 Å². The van der Waals surface area contributed by atoms with Crippen LogP contribution in [-0.2, 0) is 49.6 Å². The Labute approximate surface area is 331 Å². The number of hydrogen-bond acceptors (Lipinski definition) is 13. The maximum atomic E-state index is 5.91. The summed E-state index contributed by atoms with van der Waals surface area (Å²) in [6.45, 7) is 10.9. The topological polar surface area (TPSA) is 82.7 Å². The van der Waals surface area contributed by atoms with E-state index in [2.05, 4.69) is 39.6 Å². The molecule has 4 heterocycles. The Kier molecular flexibility index (Phi) is 19.1. The first-order valence-corrected chi connectivity index (χ1v) is 30.0. The summed E-state index contributed by atoms with van der Waals surface area (Å²) in [5, 5.41) is 7.93. The average Bonchev–Trinajstić information content (AvgIpc) is 3.20. The van der Waals surface area contributed by atoms with Crippen molar-refractivity contribution in [1.82, 2.24) is 15.3 Å². The maximum Gasteiger partial charge on any atom is 0.118 e. The van der Waals surface area contributed by atoms with Gasteiger partial charge in [0.1, 0.15) is 17.2 Å². The van der Waals surface area contributed by atoms with Gasteiger partial charge in [-0.15, -0.1) is 12.2 Å². The van der Waals surface area contributed by atoms with Gasteiger partial charge in [0.2, 0.25) is 0 Å². The first-order valence-electron chi connectivity index (χ1n) is 16.4. The van der Waals surface area contributed by atoms with Crippen LogP contribution in [-0.4, -0.2) is 105 Å². The molecule has 1 atom stereocenters. The van der Waals surface area contributed by atoms with E-state index < -0.39 is 14.3 Å². The predicted octanol–water partition coefficient (Wildman–Crippen LogP) is 5.86. The lowest BCUT2D eigenvalue weighted by molar-refractivity contribution is 0.0758. The van der Waals surface area contributed by atoms with Crippen LogP contribution in [0.3, 0.4) is 0 Å². The van der Waals surface area contributed by atoms with Crippen molar-refractivity contribution in [2.24, 2.45) is 0 Å². The van der Waals surface area contributed by atoms with Gasteiger partial charge in [0.15, 0.2) is 0 Å². The SMILES string of the molecule is C1COCCN1.C1COCCN1.COc1ccc(P(=S)(S)N2CCOCC2)cc1.COc1ccc(P2(=S)SP(=S)(c3ccc(OC)cc3)S2)cc1. The van der Waals surface area contributed by atoms with Crippen LogP contribution in [0.2, 0.25) is 0 Å². The van der Waals surface area contributed by atoms with E-state index in [1.54, 1.807) is 21.3 Å². The van der Waals surface area contributed by atoms with Crippen LogP contribution in [0.15, 0.2) is 72.8 Å². The highest BCUT2D eigenvalue weighted by molar-refractivity contribution is 9.48. The van der Waals surface area contributed by atoms with Crippen molar-refractivity contribution < 1.29 is 28.4 Å². The van der Waals surface area contributed by atoms with Crippen molar-refractivity contribution in [3.63, 3.8) is 0 Å². The molecule has 3 aromatic carbocycles. The molecule has 282 valence electrons. The zero-order chi connectivity index (χ0) is 36.6. The standard InChI is InChI=1S/C14H14O2P2S4.C11H16NO2PS2.2C4H9NO/c1-15-11-3-7-13(8-4-11)17(19)21-18(20,22-17)14-9-5-12(16-2)6-10-14;1-13-10-2-4-11(5-3-10)15(16,17)12-6-8-14-9-7-12;2*1-3-6-4-2-5-1/h3-10H,1-2H3;2-5H,6-9H2,1H3,(H,16,17);2*5H,1-4H2. The molecule has 0 aromatic heterocycles. The Balaban J connectivity index is 0.000000175. The average molecular weight is 868 g/mol. The van der Waals surface area contributed by atoms with Crippen molar-refractivity contribution in [2.75, 3.05) is 100 Å². The van der Waals surface area contributed by atoms with Gasteiger partial charge >= 0.3 is 0 Å². The highest BCUT2D eigenvalue weighted by Gasteiger charge is 2.45. The summed E-state index contributed by atoms with van der Waals surface area (Å²) in [4.78, 5) is 0. The van der Waals surface area contributed by atoms with Crippen molar-refractivity contribution in [3.8, 4) is 17.2 Å². The van der Waals surface area contributed by atoms with Gasteiger partial charge in [-0.05, 0) is 72.8 Å². The lowest BCUT2D eigenvalue weighted by Crippen LogP contribution is -2.35. The second-order valence-electron chi connectivity index (χ2n) is 11.1. The normalized spacial score (nSPS) is 24.2. The second-order valence-corrected chi connectivity index (χ2v) is 38.7. The minimum Gasteiger partial charge on any atom is -0.497 e. The van der Waals surface area contributed by atoms with E-state index in [9.17, 15) is 0 Å². The number of nitrogens with zero attached hydrogens (tertiary/aromatic N) is 1. The third-order valence-corrected chi connectivity index (χ3v) is 43.8. The van der Waals surface area contributed by atoms with Gasteiger partial charge in [0.25, 0.3) is 0 Å². The van der Waals surface area contributed by atoms with Gasteiger partial charge in [-0.3, -0.25) is 4.67 Å². The van der Waals surface area contributed by atoms with E-state index in [4.69, 9.17) is 76.1 Å². The molecular formula is C33H48N3O6P3S6. The van der Waals surface area contributed by atoms with Gasteiger partial charge in [-0.25, -0.2) is 0 Å². The van der Waals surface area contributed by atoms with Gasteiger partial charge < -0.3 is 39.1 Å². The summed E-state index contributed by atoms with van der Waals surface area (Å²) in [7, 11) is 5.00. The fourth-order valence-corrected chi connectivity index (χ4v) is 50.4. The van der Waals surface area contributed by atoms with E-state index in [0.717, 1.165) is 101 Å². The second kappa shape index (κ2) is 22.4. The van der Waals surface area contributed by atoms with Gasteiger partial charge in [0, 0.05) is 55.2 Å². The smallest absolute Gasteiger partial charge is 0.118 e. The summed E-state index contributed by atoms with van der Waals surface area (Å²) in [5.41, 5.74) is 0. The number of hydrogen-bond donors (Lipinski definition) is 3. The van der Waals surface area contributed by atoms with Crippen molar-refractivity contribution in [1.29, 1.82) is 0 Å². The van der Waals surface area contributed by atoms with Crippen LogP contribution in [0.25, 0.3) is 0 Å². The highest BCUT2D eigenvalue weighted by Crippen LogP contribution is 3.04. The Hall–Kier alpha value is -0.180. The minimum absolute atomic E-state index is 0.745. The zero-order valence-electron chi connectivity index (χ0n) is 29.1. The molecule has 0 radical (unpaired) electrons. The summed E-state index contributed by atoms with van der Waals surface area (Å²) in [6, 6.07) is 24.1. The third-order valence-electron chi connectivity index (χ3n) is 7.68. The molecule has 51 heavy (non-hydrogen) atoms. The Morgan fingerprint density at radius 3 is 1.24 bits per heavy atom. The van der Waals surface area contributed by atoms with Crippen molar-refractivity contribution >= 4 is 99.9 Å². The Bertz CT molecular complexity index is 1500. The molecule has 0 amide bonds. The number of methoxy groups -OCH3 is 3. The fraction of sp³-hybridized carbons (Fsp3) is 0.455. The van der Waals surface area contributed by atoms with E-state index >= 15 is 0 Å². The van der Waals surface area contributed by atoms with Crippen molar-refractivity contribution in [2.45, 2.75) is 0 Å². The molecule has 3 aromatic rings. The van der Waals surface area contributed by atoms with Gasteiger partial charge in [-0.2, -0.15) is 0 Å². The molecule has 2 N–H and O–H groups in total. The first-order chi connectivity index (χ1) is 24.6. The summed E-state index contributed by atoms with van der Waals surface area (Å²) in [5.74, 6) is 2.56. The monoisotopic (exact) mass is 867 g/mol. The number of ether oxygens (including phenoxy) is 6. The maximum absolute atomic E-state index is 5.91. The number of thiol groups is 1. The lowest BCUT2D eigenvalue weighted by Gasteiger charge is -2.40. The Morgan fingerprint density at radius 2 is 0.941 bits per heavy atom. The van der Waals surface area contributed by atoms with E-state index in [1.807, 2.05) is 70.5 Å². The van der Waals surface area contributed by atoms with Gasteiger partial charge in [-0.1, -0.05) is 57.4 Å². The molecular weight excluding hydrogens is 820 g/mol. The molecule has 4 fully saturated rings. The zero-order valence-corrected chi connectivity index (χ0v) is 36.8. The summed E-state index contributed by atoms with van der Waals surface area (Å²) in [6.07, 6.45) is 0. The van der Waals surface area contributed by atoms with Crippen LogP contribution in [0, 0.1) is 0 Å². The highest BCUT2D eigenvalue weighted by atomic mass is 33.7. The van der Waals surface area contributed by atoms with Gasteiger partial charge in [0.05, 0.1) is 75.2 Å². The van der Waals surface area contributed by atoms with E-state index in [-0.39, 0.29) is 0 Å². The molecule has 7 rings (SSSR count). The summed E-state index contributed by atoms with van der Waals surface area (Å²) >= 11 is 26.0. The minimum atomic E-state index is -1.93. The first kappa shape index (κ1) is 43.5. The molecule has 4 saturated heterocycles. The molecule has 4 aliphatic rings. The molecule has 0 aliphatic carbocycles. The van der Waals surface area contributed by atoms with Crippen LogP contribution in [0.5, 0.6) is 17.2 Å². The van der Waals surface area contributed by atoms with E-state index in [0.29, 0.717) is 0 Å². The van der Waals surface area contributed by atoms with Crippen LogP contribution < -0.4 is 40.8 Å². The van der Waals surface area contributed by atoms with Crippen LogP contribution in [0.4, 0.5) is 0 Å². The Morgan fingerprint density at radius 1 is 0.608 bits per heavy atom. The quantitative estimate of drug-likeness (QED) is 0.196. The third kappa shape index (κ3) is 13.5. The van der Waals surface area contributed by atoms with Crippen LogP contribution in [0.1, 0.15) is 0 Å². The summed E-state index contributed by atoms with van der Waals surface area (Å²) < 4.78 is 29.9. The largest absolute Gasteiger partial charge is 0.497 e. The molecule has 0 saturated carbocycles. The number of morpholine rings is 3. The molecule has 0 bridgehead atoms. The fourth-order valence-electron chi connectivity index (χ4n) is 4.80. The number of rotatable bonds is 7. The predicted molar refractivity (Wildman–Crippen MR) is 235 cm³/mol. The molecule has 4 aliphatic heterocycles. The lowest BCUT2D eigenvalue weighted by atomic mass is 10.3. The number of nitrogens with one attached hydrogen (secondary N) is 2. The number of benzene rings is 3.